The van der Waals surface area contributed by atoms with E-state index in [4.69, 9.17) is 4.98 Å². The van der Waals surface area contributed by atoms with Crippen LogP contribution in [0.1, 0.15) is 42.4 Å². The summed E-state index contributed by atoms with van der Waals surface area (Å²) in [7, 11) is 0. The molecule has 0 atom stereocenters. The van der Waals surface area contributed by atoms with Gasteiger partial charge in [0.15, 0.2) is 0 Å². The molecular formula is C22H23F2N3O. The predicted molar refractivity (Wildman–Crippen MR) is 104 cm³/mol. The summed E-state index contributed by atoms with van der Waals surface area (Å²) in [6.07, 6.45) is 3.13. The van der Waals surface area contributed by atoms with Crippen LogP contribution in [-0.4, -0.2) is 26.9 Å². The number of para-hydroxylation sites is 2. The summed E-state index contributed by atoms with van der Waals surface area (Å²) in [4.78, 5) is 19.2. The van der Waals surface area contributed by atoms with Crippen LogP contribution in [0.3, 0.4) is 0 Å². The summed E-state index contributed by atoms with van der Waals surface area (Å²) in [5.41, 5.74) is 1.70. The Hall–Kier alpha value is -2.76. The van der Waals surface area contributed by atoms with Crippen molar-refractivity contribution >= 4 is 16.9 Å². The highest BCUT2D eigenvalue weighted by Gasteiger charge is 2.26. The molecule has 0 bridgehead atoms. The predicted octanol–water partition coefficient (Wildman–Crippen LogP) is 4.78. The van der Waals surface area contributed by atoms with E-state index >= 15 is 0 Å². The number of benzene rings is 2. The first kappa shape index (κ1) is 18.6. The second kappa shape index (κ2) is 7.70. The Morgan fingerprint density at radius 2 is 2.00 bits per heavy atom. The molecule has 4 rings (SSSR count). The Morgan fingerprint density at radius 1 is 1.21 bits per heavy atom. The van der Waals surface area contributed by atoms with E-state index in [1.807, 2.05) is 31.2 Å². The first-order chi connectivity index (χ1) is 13.6. The van der Waals surface area contributed by atoms with Crippen LogP contribution in [0.25, 0.3) is 11.0 Å². The quantitative estimate of drug-likeness (QED) is 0.589. The third-order valence-corrected chi connectivity index (χ3v) is 5.14. The van der Waals surface area contributed by atoms with Gasteiger partial charge in [-0.1, -0.05) is 19.1 Å². The summed E-state index contributed by atoms with van der Waals surface area (Å²) in [6, 6.07) is 10.9. The Labute approximate surface area is 162 Å². The third kappa shape index (κ3) is 3.77. The Bertz CT molecular complexity index is 1010. The van der Waals surface area contributed by atoms with Crippen LogP contribution in [0, 0.1) is 17.6 Å². The van der Waals surface area contributed by atoms with Gasteiger partial charge < -0.3 is 9.47 Å². The highest BCUT2D eigenvalue weighted by atomic mass is 19.1. The Morgan fingerprint density at radius 3 is 2.75 bits per heavy atom. The number of halogens is 2. The molecule has 0 radical (unpaired) electrons. The summed E-state index contributed by atoms with van der Waals surface area (Å²) >= 11 is 0. The molecule has 0 unspecified atom stereocenters. The number of amides is 1. The first-order valence-corrected chi connectivity index (χ1v) is 9.75. The van der Waals surface area contributed by atoms with Crippen LogP contribution in [0.5, 0.6) is 0 Å². The molecule has 4 nitrogen and oxygen atoms in total. The molecule has 0 spiro atoms. The average molecular weight is 383 g/mol. The van der Waals surface area contributed by atoms with Crippen molar-refractivity contribution in [2.45, 2.75) is 39.3 Å². The van der Waals surface area contributed by atoms with E-state index in [1.54, 1.807) is 4.90 Å². The van der Waals surface area contributed by atoms with Gasteiger partial charge >= 0.3 is 0 Å². The van der Waals surface area contributed by atoms with Crippen molar-refractivity contribution in [2.24, 2.45) is 5.92 Å². The zero-order valence-corrected chi connectivity index (χ0v) is 15.9. The van der Waals surface area contributed by atoms with Crippen LogP contribution in [0.4, 0.5) is 8.78 Å². The van der Waals surface area contributed by atoms with Crippen molar-refractivity contribution in [2.75, 3.05) is 6.54 Å². The fraction of sp³-hybridized carbons (Fsp3) is 0.364. The van der Waals surface area contributed by atoms with Crippen molar-refractivity contribution < 1.29 is 13.6 Å². The van der Waals surface area contributed by atoms with Gasteiger partial charge in [-0.05, 0) is 55.5 Å². The maximum Gasteiger partial charge on any atom is 0.257 e. The number of carbonyl (C=O) groups excluding carboxylic acids is 1. The largest absolute Gasteiger partial charge is 0.331 e. The van der Waals surface area contributed by atoms with Gasteiger partial charge in [-0.3, -0.25) is 4.79 Å². The number of rotatable bonds is 7. The molecule has 1 aliphatic rings. The van der Waals surface area contributed by atoms with Gasteiger partial charge in [0.05, 0.1) is 23.1 Å². The van der Waals surface area contributed by atoms with Crippen molar-refractivity contribution in [3.05, 3.63) is 65.5 Å². The number of carbonyl (C=O) groups is 1. The smallest absolute Gasteiger partial charge is 0.257 e. The fourth-order valence-corrected chi connectivity index (χ4v) is 3.53. The molecule has 1 aliphatic carbocycles. The zero-order valence-electron chi connectivity index (χ0n) is 15.9. The number of hydrogen-bond acceptors (Lipinski definition) is 2. The maximum atomic E-state index is 14.2. The van der Waals surface area contributed by atoms with Crippen LogP contribution >= 0.6 is 0 Å². The lowest BCUT2D eigenvalue weighted by molar-refractivity contribution is 0.0732. The van der Waals surface area contributed by atoms with Crippen molar-refractivity contribution in [3.63, 3.8) is 0 Å². The second-order valence-corrected chi connectivity index (χ2v) is 7.42. The SMILES string of the molecule is CCCN(Cc1nc2ccccc2n1CC1CC1)C(=O)c1cc(F)ccc1F. The van der Waals surface area contributed by atoms with Gasteiger partial charge in [0.25, 0.3) is 5.91 Å². The molecule has 6 heteroatoms. The number of aromatic nitrogens is 2. The lowest BCUT2D eigenvalue weighted by Gasteiger charge is -2.23. The van der Waals surface area contributed by atoms with Crippen LogP contribution < -0.4 is 0 Å². The highest BCUT2D eigenvalue weighted by molar-refractivity contribution is 5.94. The Kier molecular flexibility index (Phi) is 5.11. The molecule has 1 heterocycles. The van der Waals surface area contributed by atoms with Crippen LogP contribution in [0.2, 0.25) is 0 Å². The first-order valence-electron chi connectivity index (χ1n) is 9.75. The molecule has 146 valence electrons. The Balaban J connectivity index is 1.68. The lowest BCUT2D eigenvalue weighted by atomic mass is 10.1. The summed E-state index contributed by atoms with van der Waals surface area (Å²) in [5.74, 6) is -0.413. The zero-order chi connectivity index (χ0) is 19.7. The van der Waals surface area contributed by atoms with E-state index in [1.165, 1.54) is 12.8 Å². The lowest BCUT2D eigenvalue weighted by Crippen LogP contribution is -2.33. The molecular weight excluding hydrogens is 360 g/mol. The van der Waals surface area contributed by atoms with E-state index < -0.39 is 17.5 Å². The molecule has 2 aromatic carbocycles. The van der Waals surface area contributed by atoms with Gasteiger partial charge in [-0.15, -0.1) is 0 Å². The number of imidazole rings is 1. The van der Waals surface area contributed by atoms with Crippen LogP contribution in [0.15, 0.2) is 42.5 Å². The van der Waals surface area contributed by atoms with Gasteiger partial charge in [0.1, 0.15) is 17.5 Å². The molecule has 1 saturated carbocycles. The molecule has 1 aromatic heterocycles. The molecule has 0 saturated heterocycles. The van der Waals surface area contributed by atoms with Crippen molar-refractivity contribution in [1.82, 2.24) is 14.5 Å². The highest BCUT2D eigenvalue weighted by Crippen LogP contribution is 2.32. The average Bonchev–Trinajstić information content (AvgIpc) is 3.45. The van der Waals surface area contributed by atoms with Gasteiger partial charge in [0, 0.05) is 13.1 Å². The van der Waals surface area contributed by atoms with Crippen LogP contribution in [-0.2, 0) is 13.1 Å². The molecule has 3 aromatic rings. The van der Waals surface area contributed by atoms with E-state index in [0.717, 1.165) is 41.6 Å². The topological polar surface area (TPSA) is 38.1 Å². The van der Waals surface area contributed by atoms with Crippen molar-refractivity contribution in [3.8, 4) is 0 Å². The van der Waals surface area contributed by atoms with Gasteiger partial charge in [-0.25, -0.2) is 13.8 Å². The standard InChI is InChI=1S/C22H23F2N3O/c1-2-11-26(22(28)17-12-16(23)9-10-18(17)24)14-21-25-19-5-3-4-6-20(19)27(21)13-15-7-8-15/h3-6,9-10,12,15H,2,7-8,11,13-14H2,1H3. The van der Waals surface area contributed by atoms with E-state index in [2.05, 4.69) is 4.57 Å². The van der Waals surface area contributed by atoms with E-state index in [-0.39, 0.29) is 12.1 Å². The normalized spacial score (nSPS) is 13.8. The minimum Gasteiger partial charge on any atom is -0.331 e. The van der Waals surface area contributed by atoms with E-state index in [9.17, 15) is 13.6 Å². The van der Waals surface area contributed by atoms with Gasteiger partial charge in [0.2, 0.25) is 0 Å². The maximum absolute atomic E-state index is 14.2. The van der Waals surface area contributed by atoms with Gasteiger partial charge in [-0.2, -0.15) is 0 Å². The summed E-state index contributed by atoms with van der Waals surface area (Å²) in [6.45, 7) is 3.54. The molecule has 28 heavy (non-hydrogen) atoms. The second-order valence-electron chi connectivity index (χ2n) is 7.42. The number of hydrogen-bond donors (Lipinski definition) is 0. The molecule has 1 amide bonds. The van der Waals surface area contributed by atoms with E-state index in [0.29, 0.717) is 18.9 Å². The minimum absolute atomic E-state index is 0.238. The monoisotopic (exact) mass is 383 g/mol. The fourth-order valence-electron chi connectivity index (χ4n) is 3.53. The third-order valence-electron chi connectivity index (χ3n) is 5.14. The minimum atomic E-state index is -0.709. The molecule has 0 N–H and O–H groups in total. The summed E-state index contributed by atoms with van der Waals surface area (Å²) in [5, 5.41) is 0. The van der Waals surface area contributed by atoms with Crippen molar-refractivity contribution in [1.29, 1.82) is 0 Å². The number of fused-ring (bicyclic) bond motifs is 1. The number of nitrogens with zero attached hydrogens (tertiary/aromatic N) is 3. The summed E-state index contributed by atoms with van der Waals surface area (Å²) < 4.78 is 29.9. The molecule has 1 fully saturated rings. The molecule has 0 aliphatic heterocycles.